The van der Waals surface area contributed by atoms with Gasteiger partial charge in [0, 0.05) is 38.8 Å². The first-order chi connectivity index (χ1) is 15.3. The summed E-state index contributed by atoms with van der Waals surface area (Å²) in [7, 11) is 0. The smallest absolute Gasteiger partial charge is 0.139 e. The molecule has 6 nitrogen and oxygen atoms in total. The normalized spacial score (nSPS) is 24.5. The highest BCUT2D eigenvalue weighted by atomic mass is 16.6. The van der Waals surface area contributed by atoms with Crippen LogP contribution in [0, 0.1) is 5.92 Å². The second-order valence-corrected chi connectivity index (χ2v) is 10.1. The van der Waals surface area contributed by atoms with Crippen molar-refractivity contribution < 1.29 is 4.63 Å². The van der Waals surface area contributed by atoms with Gasteiger partial charge in [0.05, 0.1) is 0 Å². The van der Waals surface area contributed by atoms with Crippen LogP contribution in [0.4, 0.5) is 0 Å². The predicted octanol–water partition coefficient (Wildman–Crippen LogP) is 4.17. The Hall–Kier alpha value is -1.50. The number of likely N-dealkylation sites (tertiary alicyclic amines) is 2. The van der Waals surface area contributed by atoms with E-state index in [1.165, 1.54) is 103 Å². The molecule has 3 fully saturated rings. The van der Waals surface area contributed by atoms with Crippen molar-refractivity contribution >= 4 is 11.0 Å². The molecule has 1 saturated carbocycles. The Labute approximate surface area is 186 Å². The van der Waals surface area contributed by atoms with Crippen molar-refractivity contribution in [3.63, 3.8) is 0 Å². The Morgan fingerprint density at radius 3 is 2.68 bits per heavy atom. The van der Waals surface area contributed by atoms with Crippen LogP contribution >= 0.6 is 0 Å². The lowest BCUT2D eigenvalue weighted by Gasteiger charge is -2.39. The van der Waals surface area contributed by atoms with E-state index >= 15 is 0 Å². The van der Waals surface area contributed by atoms with Gasteiger partial charge in [0.1, 0.15) is 11.0 Å². The zero-order valence-electron chi connectivity index (χ0n) is 19.1. The highest BCUT2D eigenvalue weighted by Crippen LogP contribution is 2.28. The molecular weight excluding hydrogens is 386 g/mol. The third kappa shape index (κ3) is 5.47. The van der Waals surface area contributed by atoms with Crippen LogP contribution < -0.4 is 0 Å². The first-order valence-electron chi connectivity index (χ1n) is 12.7. The summed E-state index contributed by atoms with van der Waals surface area (Å²) in [6, 6.07) is 7.15. The van der Waals surface area contributed by atoms with Crippen molar-refractivity contribution in [2.75, 3.05) is 45.8 Å². The van der Waals surface area contributed by atoms with Gasteiger partial charge < -0.3 is 9.80 Å². The number of hydrogen-bond donors (Lipinski definition) is 0. The molecular formula is C25H39N5O. The second kappa shape index (κ2) is 10.4. The van der Waals surface area contributed by atoms with Crippen LogP contribution in [0.25, 0.3) is 11.0 Å². The van der Waals surface area contributed by atoms with Gasteiger partial charge >= 0.3 is 0 Å². The Balaban J connectivity index is 1.25. The van der Waals surface area contributed by atoms with Gasteiger partial charge in [0.25, 0.3) is 0 Å². The van der Waals surface area contributed by atoms with Crippen molar-refractivity contribution in [2.24, 2.45) is 5.92 Å². The molecule has 5 rings (SSSR count). The highest BCUT2D eigenvalue weighted by Gasteiger charge is 2.29. The maximum absolute atomic E-state index is 5.03. The summed E-state index contributed by atoms with van der Waals surface area (Å²) in [5, 5.41) is 8.26. The summed E-state index contributed by atoms with van der Waals surface area (Å²) < 4.78 is 5.03. The molecule has 3 heterocycles. The van der Waals surface area contributed by atoms with Crippen LogP contribution in [-0.2, 0) is 6.54 Å². The quantitative estimate of drug-likeness (QED) is 0.633. The highest BCUT2D eigenvalue weighted by molar-refractivity contribution is 5.76. The largest absolute Gasteiger partial charge is 0.302 e. The van der Waals surface area contributed by atoms with Crippen LogP contribution in [0.15, 0.2) is 22.8 Å². The summed E-state index contributed by atoms with van der Waals surface area (Å²) in [5.74, 6) is 0.783. The number of nitrogens with zero attached hydrogens (tertiary/aromatic N) is 5. The SMILES string of the molecule is c1cc(CN(CCN2CCCCC2)C[C@@H]2CCCN(C3CCCC3)C2)c2nonc2c1. The Bertz CT molecular complexity index is 811. The van der Waals surface area contributed by atoms with Gasteiger partial charge in [0.15, 0.2) is 0 Å². The van der Waals surface area contributed by atoms with E-state index in [4.69, 9.17) is 4.63 Å². The summed E-state index contributed by atoms with van der Waals surface area (Å²) in [6.07, 6.45) is 12.6. The Morgan fingerprint density at radius 1 is 0.935 bits per heavy atom. The van der Waals surface area contributed by atoms with Crippen molar-refractivity contribution in [3.05, 3.63) is 23.8 Å². The third-order valence-electron chi connectivity index (χ3n) is 7.85. The number of benzene rings is 1. The first kappa shape index (κ1) is 21.4. The van der Waals surface area contributed by atoms with E-state index in [0.29, 0.717) is 0 Å². The lowest BCUT2D eigenvalue weighted by atomic mass is 9.95. The average molecular weight is 426 g/mol. The molecule has 0 N–H and O–H groups in total. The molecule has 1 aromatic heterocycles. The molecule has 3 aliphatic rings. The molecule has 0 amide bonds. The zero-order chi connectivity index (χ0) is 20.9. The maximum Gasteiger partial charge on any atom is 0.139 e. The van der Waals surface area contributed by atoms with Gasteiger partial charge in [-0.1, -0.05) is 31.4 Å². The topological polar surface area (TPSA) is 48.6 Å². The molecule has 2 aliphatic heterocycles. The van der Waals surface area contributed by atoms with Gasteiger partial charge in [0.2, 0.25) is 0 Å². The van der Waals surface area contributed by atoms with Crippen molar-refractivity contribution in [2.45, 2.75) is 70.4 Å². The molecule has 0 spiro atoms. The molecule has 31 heavy (non-hydrogen) atoms. The molecule has 6 heteroatoms. The van der Waals surface area contributed by atoms with Gasteiger partial charge in [-0.2, -0.15) is 0 Å². The molecule has 0 unspecified atom stereocenters. The second-order valence-electron chi connectivity index (χ2n) is 10.1. The lowest BCUT2D eigenvalue weighted by Crippen LogP contribution is -2.46. The maximum atomic E-state index is 5.03. The molecule has 170 valence electrons. The number of fused-ring (bicyclic) bond motifs is 1. The van der Waals surface area contributed by atoms with E-state index in [2.05, 4.69) is 37.1 Å². The van der Waals surface area contributed by atoms with Crippen LogP contribution in [0.2, 0.25) is 0 Å². The van der Waals surface area contributed by atoms with Gasteiger partial charge in [-0.15, -0.1) is 0 Å². The summed E-state index contributed by atoms with van der Waals surface area (Å²) in [6.45, 7) is 9.62. The summed E-state index contributed by atoms with van der Waals surface area (Å²) >= 11 is 0. The lowest BCUT2D eigenvalue weighted by molar-refractivity contribution is 0.0913. The fourth-order valence-electron chi connectivity index (χ4n) is 6.14. The monoisotopic (exact) mass is 425 g/mol. The molecule has 2 saturated heterocycles. The van der Waals surface area contributed by atoms with E-state index < -0.39 is 0 Å². The minimum atomic E-state index is 0.783. The molecule has 2 aromatic rings. The van der Waals surface area contributed by atoms with Crippen molar-refractivity contribution in [1.29, 1.82) is 0 Å². The molecule has 0 radical (unpaired) electrons. The molecule has 1 atom stereocenters. The van der Waals surface area contributed by atoms with Crippen molar-refractivity contribution in [1.82, 2.24) is 25.0 Å². The Kier molecular flexibility index (Phi) is 7.17. The van der Waals surface area contributed by atoms with Crippen LogP contribution in [0.3, 0.4) is 0 Å². The fraction of sp³-hybridized carbons (Fsp3) is 0.760. The number of aromatic nitrogens is 2. The number of piperidine rings is 2. The zero-order valence-corrected chi connectivity index (χ0v) is 19.1. The third-order valence-corrected chi connectivity index (χ3v) is 7.85. The van der Waals surface area contributed by atoms with E-state index in [9.17, 15) is 0 Å². The van der Waals surface area contributed by atoms with E-state index in [1.54, 1.807) is 0 Å². The average Bonchev–Trinajstić information content (AvgIpc) is 3.51. The van der Waals surface area contributed by atoms with Gasteiger partial charge in [-0.05, 0) is 86.0 Å². The molecule has 1 aromatic carbocycles. The standard InChI is InChI=1S/C25H39N5O/c1-4-13-28(14-5-1)16-17-29(20-22-9-6-12-24-25(22)27-31-26-24)18-21-8-7-15-30(19-21)23-10-2-3-11-23/h6,9,12,21,23H,1-5,7-8,10-11,13-20H2/t21-/m0/s1. The number of hydrogen-bond acceptors (Lipinski definition) is 6. The molecule has 0 bridgehead atoms. The minimum absolute atomic E-state index is 0.783. The van der Waals surface area contributed by atoms with E-state index in [0.717, 1.165) is 36.1 Å². The minimum Gasteiger partial charge on any atom is -0.302 e. The van der Waals surface area contributed by atoms with E-state index in [-0.39, 0.29) is 0 Å². The summed E-state index contributed by atoms with van der Waals surface area (Å²) in [4.78, 5) is 8.19. The first-order valence-corrected chi connectivity index (χ1v) is 12.7. The van der Waals surface area contributed by atoms with Gasteiger partial charge in [-0.25, -0.2) is 4.63 Å². The fourth-order valence-corrected chi connectivity index (χ4v) is 6.14. The van der Waals surface area contributed by atoms with Gasteiger partial charge in [-0.3, -0.25) is 4.90 Å². The van der Waals surface area contributed by atoms with E-state index in [1.807, 2.05) is 6.07 Å². The number of rotatable bonds is 8. The molecule has 1 aliphatic carbocycles. The van der Waals surface area contributed by atoms with Crippen LogP contribution in [0.5, 0.6) is 0 Å². The predicted molar refractivity (Wildman–Crippen MR) is 124 cm³/mol. The van der Waals surface area contributed by atoms with Crippen LogP contribution in [0.1, 0.15) is 63.4 Å². The van der Waals surface area contributed by atoms with Crippen LogP contribution in [-0.4, -0.2) is 76.9 Å². The van der Waals surface area contributed by atoms with Crippen molar-refractivity contribution in [3.8, 4) is 0 Å². The summed E-state index contributed by atoms with van der Waals surface area (Å²) in [5.41, 5.74) is 3.06. The Morgan fingerprint density at radius 2 is 1.81 bits per heavy atom.